The van der Waals surface area contributed by atoms with Crippen molar-refractivity contribution in [3.8, 4) is 23.0 Å². The molecule has 0 aliphatic carbocycles. The fourth-order valence-electron chi connectivity index (χ4n) is 2.45. The van der Waals surface area contributed by atoms with E-state index in [4.69, 9.17) is 30.5 Å². The van der Waals surface area contributed by atoms with Gasteiger partial charge in [-0.3, -0.25) is 0 Å². The zero-order chi connectivity index (χ0) is 16.9. The summed E-state index contributed by atoms with van der Waals surface area (Å²) in [5.41, 5.74) is 1.86. The summed E-state index contributed by atoms with van der Waals surface area (Å²) in [6, 6.07) is 9.45. The van der Waals surface area contributed by atoms with Crippen LogP contribution >= 0.6 is 11.6 Å². The van der Waals surface area contributed by atoms with Gasteiger partial charge in [0.15, 0.2) is 23.0 Å². The highest BCUT2D eigenvalue weighted by Crippen LogP contribution is 2.36. The van der Waals surface area contributed by atoms with Gasteiger partial charge in [-0.05, 0) is 37.6 Å². The van der Waals surface area contributed by atoms with Crippen molar-refractivity contribution in [1.29, 1.82) is 0 Å². The van der Waals surface area contributed by atoms with E-state index in [1.165, 1.54) is 0 Å². The summed E-state index contributed by atoms with van der Waals surface area (Å²) in [7, 11) is 0. The number of halogens is 1. The molecular weight excluding hydrogens is 330 g/mol. The van der Waals surface area contributed by atoms with E-state index in [0.29, 0.717) is 36.3 Å². The molecule has 0 atom stereocenters. The maximum atomic E-state index is 6.38. The van der Waals surface area contributed by atoms with Gasteiger partial charge in [-0.15, -0.1) is 0 Å². The molecule has 128 valence electrons. The third-order valence-electron chi connectivity index (χ3n) is 3.57. The van der Waals surface area contributed by atoms with Gasteiger partial charge in [0.25, 0.3) is 0 Å². The Morgan fingerprint density at radius 2 is 1.71 bits per heavy atom. The Morgan fingerprint density at radius 3 is 2.46 bits per heavy atom. The molecule has 0 fully saturated rings. The van der Waals surface area contributed by atoms with Crippen LogP contribution < -0.4 is 24.3 Å². The lowest BCUT2D eigenvalue weighted by Crippen LogP contribution is -2.03. The first-order valence-corrected chi connectivity index (χ1v) is 8.30. The summed E-state index contributed by atoms with van der Waals surface area (Å²) in [4.78, 5) is 0. The smallest absolute Gasteiger partial charge is 0.231 e. The first-order chi connectivity index (χ1) is 11.7. The molecule has 3 rings (SSSR count). The van der Waals surface area contributed by atoms with Crippen LogP contribution in [0, 0.1) is 0 Å². The molecule has 0 amide bonds. The van der Waals surface area contributed by atoms with E-state index in [2.05, 4.69) is 5.32 Å². The van der Waals surface area contributed by atoms with Crippen molar-refractivity contribution in [3.05, 3.63) is 40.9 Å². The molecule has 1 heterocycles. The van der Waals surface area contributed by atoms with Crippen LogP contribution in [0.4, 0.5) is 5.69 Å². The van der Waals surface area contributed by atoms with Crippen molar-refractivity contribution < 1.29 is 18.9 Å². The van der Waals surface area contributed by atoms with E-state index in [-0.39, 0.29) is 6.79 Å². The topological polar surface area (TPSA) is 49.0 Å². The lowest BCUT2D eigenvalue weighted by molar-refractivity contribution is 0.174. The highest BCUT2D eigenvalue weighted by molar-refractivity contribution is 6.31. The highest BCUT2D eigenvalue weighted by atomic mass is 35.5. The van der Waals surface area contributed by atoms with Crippen LogP contribution in [0.5, 0.6) is 23.0 Å². The monoisotopic (exact) mass is 349 g/mol. The van der Waals surface area contributed by atoms with Crippen molar-refractivity contribution in [2.24, 2.45) is 0 Å². The summed E-state index contributed by atoms with van der Waals surface area (Å²) in [5, 5.41) is 3.97. The van der Waals surface area contributed by atoms with Gasteiger partial charge >= 0.3 is 0 Å². The molecule has 0 saturated carbocycles. The fraction of sp³-hybridized carbons (Fsp3) is 0.333. The molecule has 5 nitrogen and oxygen atoms in total. The van der Waals surface area contributed by atoms with Gasteiger partial charge in [-0.25, -0.2) is 0 Å². The number of rotatable bonds is 7. The minimum Gasteiger partial charge on any atom is -0.490 e. The van der Waals surface area contributed by atoms with Crippen LogP contribution in [0.15, 0.2) is 30.3 Å². The molecule has 0 saturated heterocycles. The first-order valence-electron chi connectivity index (χ1n) is 7.92. The Hall–Kier alpha value is -2.27. The largest absolute Gasteiger partial charge is 0.490 e. The molecule has 2 aromatic rings. The van der Waals surface area contributed by atoms with Crippen LogP contribution in [-0.2, 0) is 6.54 Å². The van der Waals surface area contributed by atoms with E-state index in [0.717, 1.165) is 22.7 Å². The normalized spacial score (nSPS) is 12.1. The Morgan fingerprint density at radius 1 is 1.00 bits per heavy atom. The number of nitrogens with one attached hydrogen (secondary N) is 1. The Balaban J connectivity index is 1.75. The predicted molar refractivity (Wildman–Crippen MR) is 93.7 cm³/mol. The standard InChI is InChI=1S/C18H20ClNO4/c1-3-21-16-7-12(14(19)9-18(16)22-4-2)10-20-13-5-6-15-17(8-13)24-11-23-15/h5-9,20H,3-4,10-11H2,1-2H3. The molecule has 0 aromatic heterocycles. The summed E-state index contributed by atoms with van der Waals surface area (Å²) >= 11 is 6.38. The number of hydrogen-bond acceptors (Lipinski definition) is 5. The SMILES string of the molecule is CCOc1cc(Cl)c(CNc2ccc3c(c2)OCO3)cc1OCC. The van der Waals surface area contributed by atoms with Crippen molar-refractivity contribution in [2.75, 3.05) is 25.3 Å². The third-order valence-corrected chi connectivity index (χ3v) is 3.92. The Kier molecular flexibility index (Phi) is 5.20. The van der Waals surface area contributed by atoms with E-state index in [1.54, 1.807) is 6.07 Å². The number of fused-ring (bicyclic) bond motifs is 1. The van der Waals surface area contributed by atoms with Crippen molar-refractivity contribution >= 4 is 17.3 Å². The van der Waals surface area contributed by atoms with Gasteiger partial charge in [0.05, 0.1) is 13.2 Å². The minimum absolute atomic E-state index is 0.265. The zero-order valence-corrected chi connectivity index (χ0v) is 14.5. The van der Waals surface area contributed by atoms with Gasteiger partial charge in [-0.2, -0.15) is 0 Å². The van der Waals surface area contributed by atoms with Crippen LogP contribution in [0.25, 0.3) is 0 Å². The van der Waals surface area contributed by atoms with Crippen LogP contribution in [0.3, 0.4) is 0 Å². The molecule has 6 heteroatoms. The summed E-state index contributed by atoms with van der Waals surface area (Å²) < 4.78 is 21.9. The predicted octanol–water partition coefficient (Wildman–Crippen LogP) is 4.48. The Labute approximate surface area is 146 Å². The van der Waals surface area contributed by atoms with Gasteiger partial charge in [0, 0.05) is 29.4 Å². The second-order valence-corrected chi connectivity index (χ2v) is 5.59. The number of benzene rings is 2. The van der Waals surface area contributed by atoms with E-state index in [9.17, 15) is 0 Å². The molecule has 0 radical (unpaired) electrons. The average Bonchev–Trinajstić information content (AvgIpc) is 3.04. The molecule has 2 aromatic carbocycles. The molecule has 0 bridgehead atoms. The molecule has 0 spiro atoms. The Bertz CT molecular complexity index is 720. The van der Waals surface area contributed by atoms with Crippen molar-refractivity contribution in [3.63, 3.8) is 0 Å². The summed E-state index contributed by atoms with van der Waals surface area (Å²) in [5.74, 6) is 2.87. The maximum Gasteiger partial charge on any atom is 0.231 e. The minimum atomic E-state index is 0.265. The average molecular weight is 350 g/mol. The molecule has 0 unspecified atom stereocenters. The molecule has 1 N–H and O–H groups in total. The van der Waals surface area contributed by atoms with Gasteiger partial charge < -0.3 is 24.3 Å². The maximum absolute atomic E-state index is 6.38. The third kappa shape index (κ3) is 3.62. The molecule has 1 aliphatic rings. The van der Waals surface area contributed by atoms with Crippen LogP contribution in [0.1, 0.15) is 19.4 Å². The quantitative estimate of drug-likeness (QED) is 0.798. The number of anilines is 1. The molecule has 1 aliphatic heterocycles. The lowest BCUT2D eigenvalue weighted by Gasteiger charge is -2.15. The molecular formula is C18H20ClNO4. The van der Waals surface area contributed by atoms with E-state index in [1.807, 2.05) is 38.1 Å². The summed E-state index contributed by atoms with van der Waals surface area (Å²) in [6.45, 7) is 5.82. The number of ether oxygens (including phenoxy) is 4. The highest BCUT2D eigenvalue weighted by Gasteiger charge is 2.14. The van der Waals surface area contributed by atoms with Crippen molar-refractivity contribution in [2.45, 2.75) is 20.4 Å². The zero-order valence-electron chi connectivity index (χ0n) is 13.7. The van der Waals surface area contributed by atoms with Crippen LogP contribution in [0.2, 0.25) is 5.02 Å². The van der Waals surface area contributed by atoms with E-state index < -0.39 is 0 Å². The second-order valence-electron chi connectivity index (χ2n) is 5.18. The van der Waals surface area contributed by atoms with Gasteiger partial charge in [0.2, 0.25) is 6.79 Å². The van der Waals surface area contributed by atoms with Gasteiger partial charge in [-0.1, -0.05) is 11.6 Å². The second kappa shape index (κ2) is 7.53. The lowest BCUT2D eigenvalue weighted by atomic mass is 10.2. The van der Waals surface area contributed by atoms with Crippen LogP contribution in [-0.4, -0.2) is 20.0 Å². The van der Waals surface area contributed by atoms with Crippen molar-refractivity contribution in [1.82, 2.24) is 0 Å². The fourth-order valence-corrected chi connectivity index (χ4v) is 2.67. The first kappa shape index (κ1) is 16.6. The van der Waals surface area contributed by atoms with E-state index >= 15 is 0 Å². The number of hydrogen-bond donors (Lipinski definition) is 1. The summed E-state index contributed by atoms with van der Waals surface area (Å²) in [6.07, 6.45) is 0. The molecule has 24 heavy (non-hydrogen) atoms. The van der Waals surface area contributed by atoms with Gasteiger partial charge in [0.1, 0.15) is 0 Å².